The van der Waals surface area contributed by atoms with Gasteiger partial charge in [0.05, 0.1) is 22.3 Å². The van der Waals surface area contributed by atoms with Crippen molar-refractivity contribution in [1.29, 1.82) is 5.26 Å². The minimum Gasteiger partial charge on any atom is -0.368 e. The Morgan fingerprint density at radius 3 is 2.75 bits per heavy atom. The lowest BCUT2D eigenvalue weighted by atomic mass is 10.2. The second-order valence-corrected chi connectivity index (χ2v) is 6.78. The first-order valence-corrected chi connectivity index (χ1v) is 8.63. The normalized spacial score (nSPS) is 20.0. The molecule has 24 heavy (non-hydrogen) atoms. The zero-order chi connectivity index (χ0) is 16.5. The van der Waals surface area contributed by atoms with Crippen molar-refractivity contribution in [2.75, 3.05) is 22.9 Å². The van der Waals surface area contributed by atoms with Crippen molar-refractivity contribution in [2.24, 2.45) is 0 Å². The third-order valence-corrected chi connectivity index (χ3v) is 5.05. The molecule has 5 nitrogen and oxygen atoms in total. The molecule has 122 valence electrons. The van der Waals surface area contributed by atoms with Gasteiger partial charge in [0.25, 0.3) is 0 Å². The molecule has 2 fully saturated rings. The average Bonchev–Trinajstić information content (AvgIpc) is 3.33. The fraction of sp³-hybridized carbons (Fsp3) is 0.389. The molecule has 0 spiro atoms. The summed E-state index contributed by atoms with van der Waals surface area (Å²) < 4.78 is 0. The van der Waals surface area contributed by atoms with E-state index >= 15 is 0 Å². The number of nitriles is 1. The molecule has 1 saturated carbocycles. The third kappa shape index (κ3) is 2.90. The summed E-state index contributed by atoms with van der Waals surface area (Å²) in [5, 5.41) is 9.63. The Kier molecular flexibility index (Phi) is 3.99. The molecule has 1 aliphatic carbocycles. The molecule has 2 heterocycles. The van der Waals surface area contributed by atoms with Gasteiger partial charge in [-0.3, -0.25) is 0 Å². The SMILES string of the molecule is N#Cc1ccc(N2CCC(N(c3ccncn3)C3CC3)C2)c(Cl)c1. The molecular formula is C18H18ClN5. The van der Waals surface area contributed by atoms with Crippen molar-refractivity contribution in [3.8, 4) is 6.07 Å². The number of nitrogens with zero attached hydrogens (tertiary/aromatic N) is 5. The lowest BCUT2D eigenvalue weighted by Crippen LogP contribution is -2.40. The first kappa shape index (κ1) is 15.2. The van der Waals surface area contributed by atoms with E-state index in [0.717, 1.165) is 31.0 Å². The van der Waals surface area contributed by atoms with Gasteiger partial charge in [0.2, 0.25) is 0 Å². The Morgan fingerprint density at radius 2 is 2.08 bits per heavy atom. The zero-order valence-electron chi connectivity index (χ0n) is 13.3. The molecule has 1 atom stereocenters. The van der Waals surface area contributed by atoms with Gasteiger partial charge in [-0.15, -0.1) is 0 Å². The number of anilines is 2. The summed E-state index contributed by atoms with van der Waals surface area (Å²) in [5.74, 6) is 1.02. The molecule has 2 aliphatic rings. The van der Waals surface area contributed by atoms with Gasteiger partial charge in [-0.1, -0.05) is 11.6 Å². The molecule has 6 heteroatoms. The highest BCUT2D eigenvalue weighted by Gasteiger charge is 2.38. The van der Waals surface area contributed by atoms with Crippen molar-refractivity contribution < 1.29 is 0 Å². The highest BCUT2D eigenvalue weighted by Crippen LogP contribution is 2.37. The molecule has 1 unspecified atom stereocenters. The van der Waals surface area contributed by atoms with Crippen LogP contribution in [0.3, 0.4) is 0 Å². The van der Waals surface area contributed by atoms with Crippen LogP contribution in [-0.4, -0.2) is 35.1 Å². The van der Waals surface area contributed by atoms with Crippen molar-refractivity contribution in [2.45, 2.75) is 31.3 Å². The van der Waals surface area contributed by atoms with Crippen LogP contribution in [0.5, 0.6) is 0 Å². The molecule has 1 aromatic heterocycles. The van der Waals surface area contributed by atoms with E-state index in [1.807, 2.05) is 24.4 Å². The second-order valence-electron chi connectivity index (χ2n) is 6.37. The summed E-state index contributed by atoms with van der Waals surface area (Å²) in [6.45, 7) is 1.89. The molecule has 0 amide bonds. The third-order valence-electron chi connectivity index (χ3n) is 4.75. The van der Waals surface area contributed by atoms with Crippen LogP contribution >= 0.6 is 11.6 Å². The van der Waals surface area contributed by atoms with E-state index in [1.54, 1.807) is 12.4 Å². The van der Waals surface area contributed by atoms with Gasteiger partial charge in [-0.2, -0.15) is 5.26 Å². The van der Waals surface area contributed by atoms with Crippen LogP contribution in [0.4, 0.5) is 11.5 Å². The average molecular weight is 340 g/mol. The predicted molar refractivity (Wildman–Crippen MR) is 94.3 cm³/mol. The predicted octanol–water partition coefficient (Wildman–Crippen LogP) is 3.25. The van der Waals surface area contributed by atoms with Crippen LogP contribution in [0.1, 0.15) is 24.8 Å². The summed E-state index contributed by atoms with van der Waals surface area (Å²) in [7, 11) is 0. The molecule has 1 saturated heterocycles. The van der Waals surface area contributed by atoms with E-state index in [1.165, 1.54) is 12.8 Å². The Labute approximate surface area is 146 Å². The fourth-order valence-electron chi connectivity index (χ4n) is 3.48. The largest absolute Gasteiger partial charge is 0.368 e. The molecular weight excluding hydrogens is 322 g/mol. The van der Waals surface area contributed by atoms with Crippen molar-refractivity contribution in [3.63, 3.8) is 0 Å². The van der Waals surface area contributed by atoms with Gasteiger partial charge in [0, 0.05) is 31.4 Å². The number of hydrogen-bond acceptors (Lipinski definition) is 5. The molecule has 0 N–H and O–H groups in total. The summed E-state index contributed by atoms with van der Waals surface area (Å²) in [5.41, 5.74) is 1.61. The van der Waals surface area contributed by atoms with Crippen molar-refractivity contribution in [1.82, 2.24) is 9.97 Å². The van der Waals surface area contributed by atoms with Crippen LogP contribution in [-0.2, 0) is 0 Å². The number of aromatic nitrogens is 2. The first-order valence-electron chi connectivity index (χ1n) is 8.25. The van der Waals surface area contributed by atoms with Crippen LogP contribution in [0.15, 0.2) is 36.8 Å². The van der Waals surface area contributed by atoms with Gasteiger partial charge in [0.1, 0.15) is 12.1 Å². The second kappa shape index (κ2) is 6.29. The van der Waals surface area contributed by atoms with E-state index in [4.69, 9.17) is 16.9 Å². The van der Waals surface area contributed by atoms with Crippen LogP contribution in [0, 0.1) is 11.3 Å². The van der Waals surface area contributed by atoms with Gasteiger partial charge in [-0.05, 0) is 43.5 Å². The lowest BCUT2D eigenvalue weighted by molar-refractivity contribution is 0.625. The zero-order valence-corrected chi connectivity index (χ0v) is 14.0. The van der Waals surface area contributed by atoms with Crippen LogP contribution in [0.2, 0.25) is 5.02 Å². The maximum absolute atomic E-state index is 8.99. The van der Waals surface area contributed by atoms with Gasteiger partial charge in [-0.25, -0.2) is 9.97 Å². The molecule has 1 aliphatic heterocycles. The lowest BCUT2D eigenvalue weighted by Gasteiger charge is -2.30. The Bertz CT molecular complexity index is 769. The fourth-order valence-corrected chi connectivity index (χ4v) is 3.78. The number of halogens is 1. The van der Waals surface area contributed by atoms with E-state index in [2.05, 4.69) is 25.8 Å². The van der Waals surface area contributed by atoms with Gasteiger partial charge in [0.15, 0.2) is 0 Å². The highest BCUT2D eigenvalue weighted by atomic mass is 35.5. The Morgan fingerprint density at radius 1 is 1.21 bits per heavy atom. The van der Waals surface area contributed by atoms with E-state index in [9.17, 15) is 0 Å². The van der Waals surface area contributed by atoms with Crippen LogP contribution < -0.4 is 9.80 Å². The Balaban J connectivity index is 1.54. The number of rotatable bonds is 4. The number of hydrogen-bond donors (Lipinski definition) is 0. The molecule has 0 radical (unpaired) electrons. The highest BCUT2D eigenvalue weighted by molar-refractivity contribution is 6.33. The molecule has 2 aromatic rings. The topological polar surface area (TPSA) is 56.1 Å². The smallest absolute Gasteiger partial charge is 0.132 e. The first-order chi connectivity index (χ1) is 11.8. The quantitative estimate of drug-likeness (QED) is 0.855. The monoisotopic (exact) mass is 339 g/mol. The molecule has 4 rings (SSSR count). The van der Waals surface area contributed by atoms with E-state index in [0.29, 0.717) is 22.7 Å². The van der Waals surface area contributed by atoms with Crippen molar-refractivity contribution >= 4 is 23.1 Å². The van der Waals surface area contributed by atoms with Crippen LogP contribution in [0.25, 0.3) is 0 Å². The maximum Gasteiger partial charge on any atom is 0.132 e. The van der Waals surface area contributed by atoms with Crippen molar-refractivity contribution in [3.05, 3.63) is 47.4 Å². The van der Waals surface area contributed by atoms with Gasteiger partial charge < -0.3 is 9.80 Å². The Hall–Kier alpha value is -2.32. The standard InChI is InChI=1S/C18H18ClN5/c19-16-9-13(10-20)1-4-17(16)23-8-6-15(11-23)24(14-2-3-14)18-5-7-21-12-22-18/h1,4-5,7,9,12,14-15H,2-3,6,8,11H2. The maximum atomic E-state index is 8.99. The summed E-state index contributed by atoms with van der Waals surface area (Å²) >= 11 is 6.38. The van der Waals surface area contributed by atoms with E-state index in [-0.39, 0.29) is 0 Å². The summed E-state index contributed by atoms with van der Waals surface area (Å²) in [6, 6.07) is 10.7. The number of benzene rings is 1. The van der Waals surface area contributed by atoms with Gasteiger partial charge >= 0.3 is 0 Å². The minimum absolute atomic E-state index is 0.430. The van der Waals surface area contributed by atoms with E-state index < -0.39 is 0 Å². The summed E-state index contributed by atoms with van der Waals surface area (Å²) in [4.78, 5) is 13.3. The molecule has 1 aromatic carbocycles. The minimum atomic E-state index is 0.430. The summed E-state index contributed by atoms with van der Waals surface area (Å²) in [6.07, 6.45) is 6.98. The molecule has 0 bridgehead atoms.